The zero-order chi connectivity index (χ0) is 67.1. The first kappa shape index (κ1) is 70.8. The lowest BCUT2D eigenvalue weighted by atomic mass is 9.85. The van der Waals surface area contributed by atoms with Gasteiger partial charge in [-0.3, -0.25) is 43.4 Å². The second kappa shape index (κ2) is 32.8. The molecule has 508 valence electrons. The minimum atomic E-state index is -4.91. The smallest absolute Gasteiger partial charge is 0.417 e. The summed E-state index contributed by atoms with van der Waals surface area (Å²) in [6, 6.07) is 19.5. The number of nitrogens with one attached hydrogen (secondary N) is 6. The Bertz CT molecular complexity index is 3460. The Labute approximate surface area is 553 Å². The van der Waals surface area contributed by atoms with Crippen molar-refractivity contribution in [3.8, 4) is 21.6 Å². The number of piperazine rings is 2. The molecule has 2 aromatic heterocycles. The largest absolute Gasteiger partial charge is 0.459 e. The van der Waals surface area contributed by atoms with Gasteiger partial charge in [-0.25, -0.2) is 4.98 Å². The number of carbonyl (C=O) groups excluding carboxylic acids is 6. The molecule has 24 heteroatoms. The summed E-state index contributed by atoms with van der Waals surface area (Å²) in [5.74, 6) is -2.31. The number of amides is 5. The van der Waals surface area contributed by atoms with Crippen molar-refractivity contribution >= 4 is 58.2 Å². The zero-order valence-corrected chi connectivity index (χ0v) is 56.0. The second-order valence-electron chi connectivity index (χ2n) is 26.7. The van der Waals surface area contributed by atoms with Gasteiger partial charge in [-0.2, -0.15) is 13.2 Å². The van der Waals surface area contributed by atoms with Crippen LogP contribution in [0.4, 0.5) is 24.5 Å². The summed E-state index contributed by atoms with van der Waals surface area (Å²) >= 11 is 1.57. The Morgan fingerprint density at radius 1 is 0.787 bits per heavy atom. The number of likely N-dealkylation sites (tertiary alicyclic amines) is 1. The lowest BCUT2D eigenvalue weighted by molar-refractivity contribution is -0.151. The maximum atomic E-state index is 14.6. The van der Waals surface area contributed by atoms with E-state index in [0.717, 1.165) is 142 Å². The minimum Gasteiger partial charge on any atom is -0.459 e. The van der Waals surface area contributed by atoms with E-state index in [1.807, 2.05) is 95.7 Å². The first-order chi connectivity index (χ1) is 45.0. The number of esters is 1. The normalized spacial score (nSPS) is 19.0. The van der Waals surface area contributed by atoms with Crippen LogP contribution in [-0.2, 0) is 41.4 Å². The number of likely N-dealkylation sites (N-methyl/N-ethyl adjacent to an activating group) is 1. The van der Waals surface area contributed by atoms with Crippen molar-refractivity contribution in [2.24, 2.45) is 5.41 Å². The summed E-state index contributed by atoms with van der Waals surface area (Å²) < 4.78 is 47.9. The summed E-state index contributed by atoms with van der Waals surface area (Å²) in [4.78, 5) is 112. The number of aromatic nitrogens is 2. The molecule has 4 aliphatic heterocycles. The number of H-pyrrole nitrogens is 1. The Morgan fingerprint density at radius 2 is 1.46 bits per heavy atom. The quantitative estimate of drug-likeness (QED) is 0.0213. The van der Waals surface area contributed by atoms with E-state index in [0.29, 0.717) is 62.9 Å². The molecule has 94 heavy (non-hydrogen) atoms. The van der Waals surface area contributed by atoms with E-state index in [9.17, 15) is 46.7 Å². The predicted octanol–water partition coefficient (Wildman–Crippen LogP) is 8.91. The van der Waals surface area contributed by atoms with Gasteiger partial charge in [0.05, 0.1) is 51.2 Å². The van der Waals surface area contributed by atoms with Crippen molar-refractivity contribution in [1.82, 2.24) is 50.8 Å². The highest BCUT2D eigenvalue weighted by atomic mass is 32.1. The number of ether oxygens (including phenoxy) is 1. The maximum Gasteiger partial charge on any atom is 0.417 e. The third-order valence-corrected chi connectivity index (χ3v) is 19.4. The Balaban J connectivity index is 0.658. The molecule has 20 nitrogen and oxygen atoms in total. The van der Waals surface area contributed by atoms with Crippen LogP contribution in [0.3, 0.4) is 0 Å². The molecule has 4 fully saturated rings. The topological polar surface area (TPSA) is 234 Å². The van der Waals surface area contributed by atoms with Crippen molar-refractivity contribution in [3.05, 3.63) is 123 Å². The van der Waals surface area contributed by atoms with E-state index >= 15 is 0 Å². The molecule has 0 bridgehead atoms. The number of pyridine rings is 1. The molecule has 5 atom stereocenters. The van der Waals surface area contributed by atoms with Gasteiger partial charge in [-0.15, -0.1) is 11.3 Å². The lowest BCUT2D eigenvalue weighted by Gasteiger charge is -2.35. The van der Waals surface area contributed by atoms with Gasteiger partial charge in [0.15, 0.2) is 0 Å². The molecule has 0 radical (unpaired) electrons. The highest BCUT2D eigenvalue weighted by Gasteiger charge is 2.47. The molecule has 0 saturated carbocycles. The van der Waals surface area contributed by atoms with E-state index in [-0.39, 0.29) is 49.1 Å². The van der Waals surface area contributed by atoms with Crippen LogP contribution in [0, 0.1) is 12.3 Å². The van der Waals surface area contributed by atoms with Gasteiger partial charge < -0.3 is 51.0 Å². The number of alkyl halides is 3. The average molecular weight is 1320 g/mol. The Hall–Kier alpha value is -7.51. The molecule has 6 N–H and O–H groups in total. The van der Waals surface area contributed by atoms with Gasteiger partial charge in [-0.1, -0.05) is 101 Å². The number of halogens is 3. The van der Waals surface area contributed by atoms with E-state index in [4.69, 9.17) is 4.74 Å². The molecule has 0 spiro atoms. The number of rotatable bonds is 27. The van der Waals surface area contributed by atoms with Crippen LogP contribution in [0.25, 0.3) is 21.6 Å². The lowest BCUT2D eigenvalue weighted by Crippen LogP contribution is -2.57. The zero-order valence-electron chi connectivity index (χ0n) is 55.1. The van der Waals surface area contributed by atoms with Crippen molar-refractivity contribution < 1.29 is 46.7 Å². The molecular weight excluding hydrogens is 1230 g/mol. The minimum absolute atomic E-state index is 0.0329. The number of thiazole rings is 1. The predicted molar refractivity (Wildman–Crippen MR) is 359 cm³/mol. The highest BCUT2D eigenvalue weighted by Crippen LogP contribution is 2.37. The maximum absolute atomic E-state index is 14.6. The molecule has 4 aliphatic rings. The molecule has 6 heterocycles. The summed E-state index contributed by atoms with van der Waals surface area (Å²) in [5, 5.41) is 15.2. The van der Waals surface area contributed by atoms with E-state index < -0.39 is 64.3 Å². The van der Waals surface area contributed by atoms with Gasteiger partial charge in [0.1, 0.15) is 24.2 Å². The molecule has 4 saturated heterocycles. The van der Waals surface area contributed by atoms with Crippen LogP contribution in [0.1, 0.15) is 144 Å². The fourth-order valence-electron chi connectivity index (χ4n) is 12.8. The number of hydrogen-bond acceptors (Lipinski definition) is 15. The van der Waals surface area contributed by atoms with Crippen LogP contribution in [0.2, 0.25) is 0 Å². The number of anilines is 2. The first-order valence-corrected chi connectivity index (χ1v) is 34.2. The van der Waals surface area contributed by atoms with E-state index in [2.05, 4.69) is 68.3 Å². The van der Waals surface area contributed by atoms with E-state index in [1.165, 1.54) is 4.90 Å². The van der Waals surface area contributed by atoms with Gasteiger partial charge in [0.2, 0.25) is 29.2 Å². The third-order valence-electron chi connectivity index (χ3n) is 18.4. The molecule has 5 amide bonds. The van der Waals surface area contributed by atoms with Crippen molar-refractivity contribution in [2.45, 2.75) is 155 Å². The number of unbranched alkanes of at least 4 members (excludes halogenated alkanes) is 6. The Morgan fingerprint density at radius 3 is 2.12 bits per heavy atom. The van der Waals surface area contributed by atoms with Crippen LogP contribution in [0.15, 0.2) is 89.3 Å². The van der Waals surface area contributed by atoms with Crippen molar-refractivity contribution in [1.29, 1.82) is 0 Å². The summed E-state index contributed by atoms with van der Waals surface area (Å²) in [7, 11) is 2.02. The van der Waals surface area contributed by atoms with Gasteiger partial charge in [0.25, 0.3) is 5.91 Å². The molecule has 9 rings (SSSR count). The average Bonchev–Trinajstić information content (AvgIpc) is 1.13. The molecule has 3 aromatic carbocycles. The summed E-state index contributed by atoms with van der Waals surface area (Å²) in [6.07, 6.45) is 3.70. The number of aryl methyl sites for hydroxylation is 1. The SMILES string of the molecule is Cc1ncsc1-c1ccc([C@H](C)NC(=O)[C@@H]2C[C@@H](OC(=O)[C@@H]3CCCN3)CN2C(=O)[C@@H](NC(=O)CCCCCCCCCC(=O)NCCN2CCN(Cc3cccc(-c4ccc(N5CCN(C)CC5)c(NC(=O)c5c[nH]c(=O)cc5C(F)(F)F)c4)c3)CC2)C(C)(C)C)cc1. The van der Waals surface area contributed by atoms with Gasteiger partial charge in [0, 0.05) is 104 Å². The standard InChI is InChI=1S/C70H93F3N12O8S/c1-46(49-21-23-50(24-22-49)63-47(2)77-45-94-63)78-66(90)59-40-53(93-68(92)56-18-15-27-74-56)44-85(59)67(91)64(69(3,4)5)80-61(87)20-13-11-9-7-8-10-12-19-60(86)75-28-29-82-32-34-83(35-33-82)43-48-16-14-17-51(38-48)52-25-26-58(84-36-30-81(6)31-37-84)57(39-52)79-65(89)54-42-76-62(88)41-55(54)70(71,72)73/h14,16-17,21-26,38-39,41-42,45-46,53,56,59,64,74H,7-13,15,18-20,27-37,40,43-44H2,1-6H3,(H,75,86)(H,76,88)(H,78,90)(H,79,89)(H,80,87)/t46-,53+,56-,59-,64+/m0/s1. The third kappa shape index (κ3) is 19.6. The van der Waals surface area contributed by atoms with Crippen LogP contribution < -0.4 is 37.0 Å². The van der Waals surface area contributed by atoms with Crippen molar-refractivity contribution in [2.75, 3.05) is 95.8 Å². The molecule has 0 unspecified atom stereocenters. The van der Waals surface area contributed by atoms with Crippen molar-refractivity contribution in [3.63, 3.8) is 0 Å². The fraction of sp³-hybridized carbons (Fsp3) is 0.543. The fourth-order valence-corrected chi connectivity index (χ4v) is 13.7. The highest BCUT2D eigenvalue weighted by molar-refractivity contribution is 7.13. The van der Waals surface area contributed by atoms with Gasteiger partial charge >= 0.3 is 12.1 Å². The summed E-state index contributed by atoms with van der Waals surface area (Å²) in [5.41, 5.74) is 4.91. The number of hydrogen-bond donors (Lipinski definition) is 6. The number of benzene rings is 3. The summed E-state index contributed by atoms with van der Waals surface area (Å²) in [6.45, 7) is 18.6. The number of nitrogens with zero attached hydrogens (tertiary/aromatic N) is 6. The van der Waals surface area contributed by atoms with Crippen LogP contribution in [-0.4, -0.2) is 175 Å². The second-order valence-corrected chi connectivity index (χ2v) is 27.5. The Kier molecular flexibility index (Phi) is 24.7. The molecule has 5 aromatic rings. The molecular formula is C70H93F3N12O8S. The molecule has 0 aliphatic carbocycles. The number of carbonyl (C=O) groups is 6. The monoisotopic (exact) mass is 1320 g/mol. The number of aromatic amines is 1. The van der Waals surface area contributed by atoms with Crippen LogP contribution in [0.5, 0.6) is 0 Å². The van der Waals surface area contributed by atoms with E-state index in [1.54, 1.807) is 17.4 Å². The van der Waals surface area contributed by atoms with Gasteiger partial charge in [-0.05, 0) is 105 Å². The van der Waals surface area contributed by atoms with Crippen LogP contribution >= 0.6 is 11.3 Å². The first-order valence-electron chi connectivity index (χ1n) is 33.3.